The second-order valence-corrected chi connectivity index (χ2v) is 16.3. The molecule has 1 aliphatic rings. The first-order valence-corrected chi connectivity index (χ1v) is 22.8. The Hall–Kier alpha value is -3.91. The van der Waals surface area contributed by atoms with Crippen LogP contribution in [0.5, 0.6) is 0 Å². The fourth-order valence-corrected chi connectivity index (χ4v) is 7.24. The molecule has 358 valence electrons. The van der Waals surface area contributed by atoms with Crippen molar-refractivity contribution in [2.24, 2.45) is 5.73 Å². The minimum atomic E-state index is -1.67. The molecular formula is C43H78N6O13. The van der Waals surface area contributed by atoms with E-state index in [1.54, 1.807) is 6.92 Å². The van der Waals surface area contributed by atoms with Gasteiger partial charge in [0.25, 0.3) is 0 Å². The molecule has 19 nitrogen and oxygen atoms in total. The molecule has 8 atom stereocenters. The molecule has 0 aliphatic carbocycles. The molecule has 6 amide bonds. The molecule has 62 heavy (non-hydrogen) atoms. The molecule has 1 rings (SSSR count). The number of amides is 6. The van der Waals surface area contributed by atoms with E-state index in [2.05, 4.69) is 33.5 Å². The van der Waals surface area contributed by atoms with Crippen LogP contribution in [0.15, 0.2) is 0 Å². The van der Waals surface area contributed by atoms with Crippen molar-refractivity contribution >= 4 is 41.4 Å². The number of ether oxygens (including phenoxy) is 2. The molecule has 0 aromatic rings. The summed E-state index contributed by atoms with van der Waals surface area (Å²) in [7, 11) is 0. The number of carboxylic acid groups (broad SMARTS) is 1. The second-order valence-electron chi connectivity index (χ2n) is 16.3. The maximum atomic E-state index is 13.0. The van der Waals surface area contributed by atoms with E-state index >= 15 is 0 Å². The summed E-state index contributed by atoms with van der Waals surface area (Å²) in [6, 6.07) is -5.04. The molecule has 0 radical (unpaired) electrons. The Labute approximate surface area is 367 Å². The Kier molecular flexibility index (Phi) is 30.4. The standard InChI is InChI=1S/C43H78N6O13/c1-4-6-7-8-9-10-11-12-13-14-15-16-17-18-19-23-34(52)45-26-21-20-22-32(42(58)59)48-35(53)25-24-31(40(44)56)49-41(57)30(5-2)47-36(54)28-61-39-37(46-29(3)51)43(60)62-33(27-50)38(39)55/h30-33,37-39,43,50,55,60H,4-28H2,1-3H3,(H2,44,56)(H,45,52)(H,46,51)(H,47,54)(H,48,53)(H,49,57)(H,58,59)/t30-,31+,32-,33+,37+,38+,39+,43?/m0/s1. The molecule has 0 aromatic carbocycles. The van der Waals surface area contributed by atoms with Crippen LogP contribution in [0.3, 0.4) is 0 Å². The maximum absolute atomic E-state index is 13.0. The third kappa shape index (κ3) is 24.7. The van der Waals surface area contributed by atoms with Crippen LogP contribution in [0.2, 0.25) is 0 Å². The zero-order valence-electron chi connectivity index (χ0n) is 37.3. The molecule has 1 fully saturated rings. The van der Waals surface area contributed by atoms with Gasteiger partial charge in [0.2, 0.25) is 35.4 Å². The first-order chi connectivity index (χ1) is 29.6. The number of nitrogens with two attached hydrogens (primary N) is 1. The van der Waals surface area contributed by atoms with Crippen molar-refractivity contribution in [3.8, 4) is 0 Å². The third-order valence-corrected chi connectivity index (χ3v) is 10.9. The van der Waals surface area contributed by atoms with Gasteiger partial charge in [-0.05, 0) is 38.5 Å². The summed E-state index contributed by atoms with van der Waals surface area (Å²) >= 11 is 0. The van der Waals surface area contributed by atoms with Crippen molar-refractivity contribution in [3.05, 3.63) is 0 Å². The number of aliphatic hydroxyl groups excluding tert-OH is 3. The van der Waals surface area contributed by atoms with Crippen molar-refractivity contribution in [2.75, 3.05) is 19.8 Å². The van der Waals surface area contributed by atoms with Gasteiger partial charge in [0.1, 0.15) is 49.1 Å². The number of nitrogens with one attached hydrogen (secondary N) is 5. The van der Waals surface area contributed by atoms with E-state index in [1.165, 1.54) is 77.0 Å². The van der Waals surface area contributed by atoms with Gasteiger partial charge in [0.05, 0.1) is 6.61 Å². The Bertz CT molecular complexity index is 1340. The van der Waals surface area contributed by atoms with Gasteiger partial charge in [0, 0.05) is 26.3 Å². The highest BCUT2D eigenvalue weighted by molar-refractivity contribution is 5.92. The van der Waals surface area contributed by atoms with Crippen LogP contribution >= 0.6 is 0 Å². The third-order valence-electron chi connectivity index (χ3n) is 10.9. The molecule has 19 heteroatoms. The second kappa shape index (κ2) is 33.6. The van der Waals surface area contributed by atoms with E-state index in [0.717, 1.165) is 26.2 Å². The lowest BCUT2D eigenvalue weighted by Gasteiger charge is -2.42. The van der Waals surface area contributed by atoms with Crippen LogP contribution in [0.4, 0.5) is 0 Å². The Morgan fingerprint density at radius 3 is 1.76 bits per heavy atom. The monoisotopic (exact) mass is 887 g/mol. The molecular weight excluding hydrogens is 809 g/mol. The fourth-order valence-electron chi connectivity index (χ4n) is 7.24. The fraction of sp³-hybridized carbons (Fsp3) is 0.837. The number of carboxylic acids is 1. The minimum Gasteiger partial charge on any atom is -0.480 e. The number of carbonyl (C=O) groups excluding carboxylic acids is 6. The Balaban J connectivity index is 2.37. The molecule has 11 N–H and O–H groups in total. The zero-order chi connectivity index (χ0) is 46.3. The van der Waals surface area contributed by atoms with Gasteiger partial charge in [-0.25, -0.2) is 4.79 Å². The smallest absolute Gasteiger partial charge is 0.326 e. The predicted octanol–water partition coefficient (Wildman–Crippen LogP) is 1.71. The summed E-state index contributed by atoms with van der Waals surface area (Å²) in [5.41, 5.74) is 5.47. The lowest BCUT2D eigenvalue weighted by molar-refractivity contribution is -0.261. The maximum Gasteiger partial charge on any atom is 0.326 e. The van der Waals surface area contributed by atoms with Crippen molar-refractivity contribution < 1.29 is 63.5 Å². The molecule has 1 heterocycles. The molecule has 0 bridgehead atoms. The van der Waals surface area contributed by atoms with Crippen LogP contribution in [-0.4, -0.2) is 130 Å². The highest BCUT2D eigenvalue weighted by Crippen LogP contribution is 2.23. The molecule has 0 saturated carbocycles. The van der Waals surface area contributed by atoms with Crippen LogP contribution in [0.25, 0.3) is 0 Å². The van der Waals surface area contributed by atoms with Gasteiger partial charge < -0.3 is 62.2 Å². The largest absolute Gasteiger partial charge is 0.480 e. The van der Waals surface area contributed by atoms with E-state index < -0.39 is 97.5 Å². The average molecular weight is 887 g/mol. The molecule has 1 aliphatic heterocycles. The topological polar surface area (TPSA) is 305 Å². The number of aliphatic hydroxyl groups is 3. The highest BCUT2D eigenvalue weighted by atomic mass is 16.6. The molecule has 0 spiro atoms. The molecule has 1 unspecified atom stereocenters. The van der Waals surface area contributed by atoms with Gasteiger partial charge in [-0.2, -0.15) is 0 Å². The first-order valence-electron chi connectivity index (χ1n) is 22.8. The molecule has 1 saturated heterocycles. The van der Waals surface area contributed by atoms with E-state index in [0.29, 0.717) is 25.8 Å². The number of hydrogen-bond acceptors (Lipinski definition) is 12. The summed E-state index contributed by atoms with van der Waals surface area (Å²) in [4.78, 5) is 86.4. The Morgan fingerprint density at radius 1 is 0.677 bits per heavy atom. The van der Waals surface area contributed by atoms with Gasteiger partial charge in [0.15, 0.2) is 6.29 Å². The van der Waals surface area contributed by atoms with Gasteiger partial charge in [-0.3, -0.25) is 28.8 Å². The van der Waals surface area contributed by atoms with E-state index in [9.17, 15) is 54.0 Å². The quantitative estimate of drug-likeness (QED) is 0.0402. The van der Waals surface area contributed by atoms with Gasteiger partial charge in [-0.1, -0.05) is 104 Å². The van der Waals surface area contributed by atoms with E-state index in [-0.39, 0.29) is 31.6 Å². The lowest BCUT2D eigenvalue weighted by Crippen LogP contribution is -2.65. The number of carbonyl (C=O) groups is 7. The van der Waals surface area contributed by atoms with Crippen LogP contribution in [0.1, 0.15) is 162 Å². The van der Waals surface area contributed by atoms with E-state index in [1.807, 2.05) is 0 Å². The van der Waals surface area contributed by atoms with Crippen molar-refractivity contribution in [3.63, 3.8) is 0 Å². The van der Waals surface area contributed by atoms with Gasteiger partial charge in [-0.15, -0.1) is 0 Å². The number of unbranched alkanes of at least 4 members (excludes halogenated alkanes) is 15. The summed E-state index contributed by atoms with van der Waals surface area (Å²) < 4.78 is 10.6. The SMILES string of the molecule is CCCCCCCCCCCCCCCCCC(=O)NCCCC[C@H](NC(=O)CC[C@@H](NC(=O)[C@H](CC)NC(=O)CO[C@H]1[C@H](O)[C@@H](CO)OC(O)[C@@H]1NC(C)=O)C(N)=O)C(=O)O. The summed E-state index contributed by atoms with van der Waals surface area (Å²) in [5.74, 6) is -5.19. The number of hydrogen-bond donors (Lipinski definition) is 10. The van der Waals surface area contributed by atoms with Crippen molar-refractivity contribution in [1.82, 2.24) is 26.6 Å². The number of aliphatic carboxylic acids is 1. The summed E-state index contributed by atoms with van der Waals surface area (Å²) in [6.07, 6.45) is 13.8. The Morgan fingerprint density at radius 2 is 1.24 bits per heavy atom. The van der Waals surface area contributed by atoms with Crippen molar-refractivity contribution in [2.45, 2.75) is 211 Å². The van der Waals surface area contributed by atoms with E-state index in [4.69, 9.17) is 15.2 Å². The average Bonchev–Trinajstić information content (AvgIpc) is 3.22. The summed E-state index contributed by atoms with van der Waals surface area (Å²) in [5, 5.41) is 52.4. The highest BCUT2D eigenvalue weighted by Gasteiger charge is 2.46. The van der Waals surface area contributed by atoms with Crippen molar-refractivity contribution in [1.29, 1.82) is 0 Å². The lowest BCUT2D eigenvalue weighted by atomic mass is 9.96. The van der Waals surface area contributed by atoms with Crippen LogP contribution in [-0.2, 0) is 43.0 Å². The first kappa shape index (κ1) is 56.1. The number of rotatable bonds is 36. The minimum absolute atomic E-state index is 0.0381. The normalized spacial score (nSPS) is 20.0. The van der Waals surface area contributed by atoms with Gasteiger partial charge >= 0.3 is 5.97 Å². The number of primary amides is 1. The predicted molar refractivity (Wildman–Crippen MR) is 230 cm³/mol. The van der Waals surface area contributed by atoms with Crippen LogP contribution < -0.4 is 32.3 Å². The zero-order valence-corrected chi connectivity index (χ0v) is 37.3. The molecule has 0 aromatic heterocycles. The van der Waals surface area contributed by atoms with Crippen LogP contribution in [0, 0.1) is 0 Å². The summed E-state index contributed by atoms with van der Waals surface area (Å²) in [6.45, 7) is 3.91.